The first-order valence-corrected chi connectivity index (χ1v) is 10.1. The minimum Gasteiger partial charge on any atom is -0.378 e. The molecule has 2 aliphatic rings. The van der Waals surface area contributed by atoms with Gasteiger partial charge < -0.3 is 15.4 Å². The van der Waals surface area contributed by atoms with E-state index in [4.69, 9.17) is 4.74 Å². The van der Waals surface area contributed by atoms with Gasteiger partial charge in [-0.2, -0.15) is 0 Å². The number of guanidine groups is 1. The van der Waals surface area contributed by atoms with E-state index in [1.54, 1.807) is 11.3 Å². The number of hydrogen-bond donors (Lipinski definition) is 2. The topological polar surface area (TPSA) is 58.5 Å². The molecule has 2 unspecified atom stereocenters. The Hall–Kier alpha value is -1.14. The average molecular weight is 351 g/mol. The fraction of sp³-hybridized carbons (Fsp3) is 0.778. The molecule has 24 heavy (non-hydrogen) atoms. The molecular weight excluding hydrogens is 320 g/mol. The predicted molar refractivity (Wildman–Crippen MR) is 99.5 cm³/mol. The maximum Gasteiger partial charge on any atom is 0.191 e. The zero-order chi connectivity index (χ0) is 17.0. The number of nitrogens with one attached hydrogen (secondary N) is 2. The molecule has 2 N–H and O–H groups in total. The van der Waals surface area contributed by atoms with Crippen LogP contribution in [0.1, 0.15) is 56.7 Å². The first-order valence-electron chi connectivity index (χ1n) is 9.24. The summed E-state index contributed by atoms with van der Waals surface area (Å²) in [5.74, 6) is 0.882. The lowest BCUT2D eigenvalue weighted by Crippen LogP contribution is -2.65. The van der Waals surface area contributed by atoms with E-state index in [1.807, 2.05) is 7.05 Å². The summed E-state index contributed by atoms with van der Waals surface area (Å²) >= 11 is 1.73. The molecule has 5 nitrogen and oxygen atoms in total. The van der Waals surface area contributed by atoms with E-state index in [2.05, 4.69) is 39.8 Å². The molecule has 3 rings (SSSR count). The number of nitrogens with zero attached hydrogens (tertiary/aromatic N) is 2. The fourth-order valence-corrected chi connectivity index (χ4v) is 4.96. The Morgan fingerprint density at radius 2 is 2.21 bits per heavy atom. The third-order valence-corrected chi connectivity index (χ3v) is 6.60. The van der Waals surface area contributed by atoms with Crippen LogP contribution in [0.3, 0.4) is 0 Å². The Labute approximate surface area is 149 Å². The number of ether oxygens (including phenoxy) is 1. The van der Waals surface area contributed by atoms with Gasteiger partial charge in [0.25, 0.3) is 0 Å². The van der Waals surface area contributed by atoms with Crippen LogP contribution >= 0.6 is 11.3 Å². The summed E-state index contributed by atoms with van der Waals surface area (Å²) in [4.78, 5) is 9.02. The lowest BCUT2D eigenvalue weighted by Gasteiger charge is -2.54. The van der Waals surface area contributed by atoms with Crippen LogP contribution in [-0.2, 0) is 17.7 Å². The van der Waals surface area contributed by atoms with Crippen molar-refractivity contribution in [3.63, 3.8) is 0 Å². The van der Waals surface area contributed by atoms with Crippen LogP contribution in [-0.4, -0.2) is 36.7 Å². The van der Waals surface area contributed by atoms with Crippen molar-refractivity contribution < 1.29 is 4.74 Å². The third kappa shape index (κ3) is 3.45. The maximum atomic E-state index is 6.00. The molecule has 2 atom stereocenters. The van der Waals surface area contributed by atoms with Gasteiger partial charge in [0.15, 0.2) is 5.96 Å². The molecule has 0 aromatic carbocycles. The fourth-order valence-electron chi connectivity index (χ4n) is 4.22. The highest BCUT2D eigenvalue weighted by molar-refractivity contribution is 7.09. The average Bonchev–Trinajstić information content (AvgIpc) is 3.27. The van der Waals surface area contributed by atoms with Crippen LogP contribution < -0.4 is 10.6 Å². The van der Waals surface area contributed by atoms with Crippen LogP contribution in [0, 0.1) is 5.41 Å². The van der Waals surface area contributed by atoms with Gasteiger partial charge >= 0.3 is 0 Å². The third-order valence-electron chi connectivity index (χ3n) is 5.56. The summed E-state index contributed by atoms with van der Waals surface area (Å²) in [6.45, 7) is 5.78. The van der Waals surface area contributed by atoms with Crippen LogP contribution in [0.5, 0.6) is 0 Å². The van der Waals surface area contributed by atoms with Crippen molar-refractivity contribution in [1.82, 2.24) is 15.6 Å². The van der Waals surface area contributed by atoms with Crippen LogP contribution in [0.4, 0.5) is 0 Å². The molecule has 1 aromatic rings. The van der Waals surface area contributed by atoms with Crippen molar-refractivity contribution in [3.05, 3.63) is 16.1 Å². The second kappa shape index (κ2) is 7.83. The zero-order valence-electron chi connectivity index (χ0n) is 15.1. The molecule has 0 aliphatic heterocycles. The van der Waals surface area contributed by atoms with Gasteiger partial charge in [-0.25, -0.2) is 4.98 Å². The molecule has 1 spiro atoms. The summed E-state index contributed by atoms with van der Waals surface area (Å²) < 4.78 is 6.00. The quantitative estimate of drug-likeness (QED) is 0.611. The van der Waals surface area contributed by atoms with Crippen molar-refractivity contribution in [1.29, 1.82) is 0 Å². The smallest absolute Gasteiger partial charge is 0.191 e. The summed E-state index contributed by atoms with van der Waals surface area (Å²) in [6.07, 6.45) is 7.72. The lowest BCUT2D eigenvalue weighted by atomic mass is 9.60. The molecular formula is C18H30N4OS. The lowest BCUT2D eigenvalue weighted by molar-refractivity contribution is -0.125. The molecule has 0 radical (unpaired) electrons. The Bertz CT molecular complexity index is 565. The monoisotopic (exact) mass is 350 g/mol. The van der Waals surface area contributed by atoms with Crippen LogP contribution in [0.15, 0.2) is 10.4 Å². The maximum absolute atomic E-state index is 6.00. The van der Waals surface area contributed by atoms with E-state index < -0.39 is 0 Å². The molecule has 6 heteroatoms. The first kappa shape index (κ1) is 17.7. The van der Waals surface area contributed by atoms with E-state index in [9.17, 15) is 0 Å². The molecule has 0 amide bonds. The van der Waals surface area contributed by atoms with Crippen molar-refractivity contribution in [3.8, 4) is 0 Å². The number of aromatic nitrogens is 1. The van der Waals surface area contributed by atoms with E-state index in [0.29, 0.717) is 17.6 Å². The Balaban J connectivity index is 1.55. The Kier molecular flexibility index (Phi) is 5.76. The molecule has 2 aliphatic carbocycles. The normalized spacial score (nSPS) is 25.7. The number of aliphatic imine (C=N–C) groups is 1. The zero-order valence-corrected chi connectivity index (χ0v) is 15.9. The Morgan fingerprint density at radius 3 is 2.83 bits per heavy atom. The minimum absolute atomic E-state index is 0.323. The molecule has 1 heterocycles. The van der Waals surface area contributed by atoms with Crippen molar-refractivity contribution in [2.75, 3.05) is 13.7 Å². The largest absolute Gasteiger partial charge is 0.378 e. The molecule has 0 saturated heterocycles. The van der Waals surface area contributed by atoms with Crippen molar-refractivity contribution in [2.45, 2.75) is 71.1 Å². The van der Waals surface area contributed by atoms with E-state index in [-0.39, 0.29) is 0 Å². The number of thiazole rings is 1. The molecule has 2 fully saturated rings. The molecule has 1 aromatic heterocycles. The number of hydrogen-bond acceptors (Lipinski definition) is 4. The van der Waals surface area contributed by atoms with Crippen LogP contribution in [0.25, 0.3) is 0 Å². The summed E-state index contributed by atoms with van der Waals surface area (Å²) in [5.41, 5.74) is 1.42. The number of aryl methyl sites for hydroxylation is 1. The van der Waals surface area contributed by atoms with Gasteiger partial charge in [-0.3, -0.25) is 4.99 Å². The number of rotatable bonds is 6. The predicted octanol–water partition coefficient (Wildman–Crippen LogP) is 3.11. The van der Waals surface area contributed by atoms with Gasteiger partial charge in [-0.15, -0.1) is 11.3 Å². The summed E-state index contributed by atoms with van der Waals surface area (Å²) in [5, 5.41) is 10.4. The second-order valence-corrected chi connectivity index (χ2v) is 7.77. The van der Waals surface area contributed by atoms with Gasteiger partial charge in [0.2, 0.25) is 0 Å². The SMILES string of the molecule is CCOC1CC(NC(=NC)NCc2csc(CC)n2)C12CCCC2. The standard InChI is InChI=1S/C18H30N4OS/c1-4-16-21-13(12-24-16)11-20-17(19-3)22-14-10-15(23-5-2)18(14)8-6-7-9-18/h12,14-15H,4-11H2,1-3H3,(H2,19,20,22). The second-order valence-electron chi connectivity index (χ2n) is 6.83. The molecule has 134 valence electrons. The van der Waals surface area contributed by atoms with Gasteiger partial charge in [-0.1, -0.05) is 19.8 Å². The van der Waals surface area contributed by atoms with Crippen LogP contribution in [0.2, 0.25) is 0 Å². The Morgan fingerprint density at radius 1 is 1.42 bits per heavy atom. The van der Waals surface area contributed by atoms with Gasteiger partial charge in [-0.05, 0) is 32.6 Å². The highest BCUT2D eigenvalue weighted by Crippen LogP contribution is 2.54. The van der Waals surface area contributed by atoms with Crippen molar-refractivity contribution in [2.24, 2.45) is 10.4 Å². The van der Waals surface area contributed by atoms with Gasteiger partial charge in [0.1, 0.15) is 0 Å². The van der Waals surface area contributed by atoms with E-state index in [0.717, 1.165) is 37.6 Å². The van der Waals surface area contributed by atoms with E-state index >= 15 is 0 Å². The first-order chi connectivity index (χ1) is 11.7. The van der Waals surface area contributed by atoms with Crippen molar-refractivity contribution >= 4 is 17.3 Å². The molecule has 0 bridgehead atoms. The summed E-state index contributed by atoms with van der Waals surface area (Å²) in [6, 6.07) is 0.476. The summed E-state index contributed by atoms with van der Waals surface area (Å²) in [7, 11) is 1.84. The highest BCUT2D eigenvalue weighted by Gasteiger charge is 2.56. The van der Waals surface area contributed by atoms with E-state index in [1.165, 1.54) is 30.7 Å². The minimum atomic E-state index is 0.323. The highest BCUT2D eigenvalue weighted by atomic mass is 32.1. The van der Waals surface area contributed by atoms with Gasteiger partial charge in [0.05, 0.1) is 23.4 Å². The van der Waals surface area contributed by atoms with Gasteiger partial charge in [0, 0.05) is 30.5 Å². The molecule has 2 saturated carbocycles.